The Morgan fingerprint density at radius 1 is 1.32 bits per heavy atom. The number of aromatic nitrogens is 1. The average Bonchev–Trinajstić information content (AvgIpc) is 3.19. The van der Waals surface area contributed by atoms with E-state index in [0.717, 1.165) is 25.2 Å². The third-order valence-electron chi connectivity index (χ3n) is 5.14. The molecule has 0 radical (unpaired) electrons. The zero-order chi connectivity index (χ0) is 18.0. The van der Waals surface area contributed by atoms with Crippen molar-refractivity contribution >= 4 is 17.0 Å². The number of benzene rings is 1. The molecule has 1 aliphatic heterocycles. The standard InChI is InChI=1S/C19H27N3O3/c1-13(2)16(12-22-8-4-5-9-22)21(3)18(23)11-14-6-7-17-15(10-14)20-19(24)25-17/h6-7,10,13,16H,4-5,8-9,11-12H2,1-3H3,(H,20,24)/t16-/m1/s1. The molecule has 1 atom stereocenters. The number of carbonyl (C=O) groups is 1. The van der Waals surface area contributed by atoms with E-state index >= 15 is 0 Å². The maximum atomic E-state index is 12.8. The van der Waals surface area contributed by atoms with Crippen molar-refractivity contribution in [2.75, 3.05) is 26.7 Å². The van der Waals surface area contributed by atoms with Gasteiger partial charge in [-0.1, -0.05) is 19.9 Å². The second kappa shape index (κ2) is 7.44. The van der Waals surface area contributed by atoms with Crippen molar-refractivity contribution in [3.05, 3.63) is 34.3 Å². The Kier molecular flexibility index (Phi) is 5.27. The Balaban J connectivity index is 1.69. The Hall–Kier alpha value is -2.08. The highest BCUT2D eigenvalue weighted by molar-refractivity contribution is 5.81. The minimum Gasteiger partial charge on any atom is -0.408 e. The molecule has 2 aromatic rings. The highest BCUT2D eigenvalue weighted by Crippen LogP contribution is 2.18. The first-order chi connectivity index (χ1) is 11.9. The zero-order valence-corrected chi connectivity index (χ0v) is 15.2. The first kappa shape index (κ1) is 17.7. The third kappa shape index (κ3) is 4.12. The molecule has 6 heteroatoms. The van der Waals surface area contributed by atoms with Crippen LogP contribution in [0, 0.1) is 5.92 Å². The van der Waals surface area contributed by atoms with E-state index in [1.807, 2.05) is 24.1 Å². The average molecular weight is 345 g/mol. The largest absolute Gasteiger partial charge is 0.417 e. The van der Waals surface area contributed by atoms with E-state index in [2.05, 4.69) is 23.7 Å². The third-order valence-corrected chi connectivity index (χ3v) is 5.14. The molecule has 1 aromatic carbocycles. The van der Waals surface area contributed by atoms with Crippen LogP contribution in [-0.4, -0.2) is 53.4 Å². The fourth-order valence-corrected chi connectivity index (χ4v) is 3.60. The number of hydrogen-bond donors (Lipinski definition) is 1. The summed E-state index contributed by atoms with van der Waals surface area (Å²) in [5.41, 5.74) is 2.03. The van der Waals surface area contributed by atoms with Crippen LogP contribution in [0.4, 0.5) is 0 Å². The first-order valence-electron chi connectivity index (χ1n) is 9.04. The fraction of sp³-hybridized carbons (Fsp3) is 0.579. The molecule has 1 aliphatic rings. The molecule has 1 aromatic heterocycles. The van der Waals surface area contributed by atoms with Crippen molar-refractivity contribution in [2.24, 2.45) is 5.92 Å². The van der Waals surface area contributed by atoms with Gasteiger partial charge in [0.15, 0.2) is 5.58 Å². The molecule has 6 nitrogen and oxygen atoms in total. The lowest BCUT2D eigenvalue weighted by Crippen LogP contribution is -2.47. The van der Waals surface area contributed by atoms with E-state index in [-0.39, 0.29) is 11.9 Å². The van der Waals surface area contributed by atoms with Crippen LogP contribution in [0.1, 0.15) is 32.3 Å². The molecule has 0 spiro atoms. The number of rotatable bonds is 6. The Morgan fingerprint density at radius 2 is 2.04 bits per heavy atom. The van der Waals surface area contributed by atoms with Crippen LogP contribution in [0.15, 0.2) is 27.4 Å². The van der Waals surface area contributed by atoms with Crippen molar-refractivity contribution in [3.8, 4) is 0 Å². The second-order valence-corrected chi connectivity index (χ2v) is 7.35. The Bertz CT molecular complexity index is 787. The molecule has 0 bridgehead atoms. The number of aromatic amines is 1. The summed E-state index contributed by atoms with van der Waals surface area (Å²) in [6.45, 7) is 7.55. The van der Waals surface area contributed by atoms with E-state index < -0.39 is 5.76 Å². The van der Waals surface area contributed by atoms with Gasteiger partial charge in [0, 0.05) is 19.6 Å². The smallest absolute Gasteiger partial charge is 0.408 e. The predicted octanol–water partition coefficient (Wildman–Crippen LogP) is 2.24. The van der Waals surface area contributed by atoms with Gasteiger partial charge in [0.05, 0.1) is 11.9 Å². The van der Waals surface area contributed by atoms with E-state index in [0.29, 0.717) is 23.4 Å². The molecular weight excluding hydrogens is 318 g/mol. The number of amides is 1. The normalized spacial score (nSPS) is 16.6. The number of fused-ring (bicyclic) bond motifs is 1. The lowest BCUT2D eigenvalue weighted by Gasteiger charge is -2.34. The summed E-state index contributed by atoms with van der Waals surface area (Å²) in [5, 5.41) is 0. The van der Waals surface area contributed by atoms with Crippen LogP contribution >= 0.6 is 0 Å². The molecule has 0 aliphatic carbocycles. The van der Waals surface area contributed by atoms with Gasteiger partial charge in [-0.05, 0) is 49.5 Å². The molecule has 0 saturated carbocycles. The van der Waals surface area contributed by atoms with Gasteiger partial charge in [-0.15, -0.1) is 0 Å². The first-order valence-corrected chi connectivity index (χ1v) is 9.04. The number of likely N-dealkylation sites (tertiary alicyclic amines) is 1. The van der Waals surface area contributed by atoms with Crippen molar-refractivity contribution in [1.82, 2.24) is 14.8 Å². The highest BCUT2D eigenvalue weighted by atomic mass is 16.4. The van der Waals surface area contributed by atoms with Gasteiger partial charge in [-0.3, -0.25) is 9.78 Å². The van der Waals surface area contributed by atoms with Crippen molar-refractivity contribution in [1.29, 1.82) is 0 Å². The van der Waals surface area contributed by atoms with Crippen molar-refractivity contribution in [2.45, 2.75) is 39.2 Å². The summed E-state index contributed by atoms with van der Waals surface area (Å²) in [6, 6.07) is 5.61. The maximum Gasteiger partial charge on any atom is 0.417 e. The van der Waals surface area contributed by atoms with Crippen molar-refractivity contribution in [3.63, 3.8) is 0 Å². The van der Waals surface area contributed by atoms with Crippen LogP contribution < -0.4 is 5.76 Å². The maximum absolute atomic E-state index is 12.8. The summed E-state index contributed by atoms with van der Waals surface area (Å²) in [6.07, 6.45) is 2.83. The van der Waals surface area contributed by atoms with E-state index in [4.69, 9.17) is 4.42 Å². The van der Waals surface area contributed by atoms with Gasteiger partial charge < -0.3 is 14.2 Å². The fourth-order valence-electron chi connectivity index (χ4n) is 3.60. The van der Waals surface area contributed by atoms with Crippen LogP contribution in [0.2, 0.25) is 0 Å². The van der Waals surface area contributed by atoms with Crippen molar-refractivity contribution < 1.29 is 9.21 Å². The van der Waals surface area contributed by atoms with E-state index in [1.54, 1.807) is 6.07 Å². The molecule has 1 amide bonds. The summed E-state index contributed by atoms with van der Waals surface area (Å²) < 4.78 is 5.01. The Morgan fingerprint density at radius 3 is 2.72 bits per heavy atom. The number of H-pyrrole nitrogens is 1. The molecule has 1 saturated heterocycles. The molecule has 25 heavy (non-hydrogen) atoms. The van der Waals surface area contributed by atoms with Crippen LogP contribution in [-0.2, 0) is 11.2 Å². The van der Waals surface area contributed by atoms with E-state index in [1.165, 1.54) is 12.8 Å². The van der Waals surface area contributed by atoms with Crippen LogP contribution in [0.5, 0.6) is 0 Å². The van der Waals surface area contributed by atoms with Crippen LogP contribution in [0.3, 0.4) is 0 Å². The quantitative estimate of drug-likeness (QED) is 0.872. The topological polar surface area (TPSA) is 69.5 Å². The lowest BCUT2D eigenvalue weighted by molar-refractivity contribution is -0.132. The van der Waals surface area contributed by atoms with Gasteiger partial charge in [0.1, 0.15) is 0 Å². The van der Waals surface area contributed by atoms with Gasteiger partial charge in [-0.2, -0.15) is 0 Å². The number of nitrogens with one attached hydrogen (secondary N) is 1. The number of carbonyl (C=O) groups excluding carboxylic acids is 1. The van der Waals surface area contributed by atoms with Gasteiger partial charge >= 0.3 is 5.76 Å². The summed E-state index contributed by atoms with van der Waals surface area (Å²) in [7, 11) is 1.90. The number of nitrogens with zero attached hydrogens (tertiary/aromatic N) is 2. The lowest BCUT2D eigenvalue weighted by atomic mass is 10.0. The minimum atomic E-state index is -0.471. The van der Waals surface area contributed by atoms with Gasteiger partial charge in [-0.25, -0.2) is 4.79 Å². The summed E-state index contributed by atoms with van der Waals surface area (Å²) in [5.74, 6) is 0.0337. The molecule has 3 rings (SSSR count). The number of oxazole rings is 1. The number of hydrogen-bond acceptors (Lipinski definition) is 4. The summed E-state index contributed by atoms with van der Waals surface area (Å²) >= 11 is 0. The molecule has 1 fully saturated rings. The molecule has 2 heterocycles. The number of likely N-dealkylation sites (N-methyl/N-ethyl adjacent to an activating group) is 1. The SMILES string of the molecule is CC(C)[C@@H](CN1CCCC1)N(C)C(=O)Cc1ccc2oc(=O)[nH]c2c1. The highest BCUT2D eigenvalue weighted by Gasteiger charge is 2.26. The molecular formula is C19H27N3O3. The Labute approximate surface area is 147 Å². The molecule has 0 unspecified atom stereocenters. The second-order valence-electron chi connectivity index (χ2n) is 7.35. The van der Waals surface area contributed by atoms with Crippen LogP contribution in [0.25, 0.3) is 11.1 Å². The zero-order valence-electron chi connectivity index (χ0n) is 15.2. The predicted molar refractivity (Wildman–Crippen MR) is 97.6 cm³/mol. The van der Waals surface area contributed by atoms with Gasteiger partial charge in [0.25, 0.3) is 0 Å². The van der Waals surface area contributed by atoms with E-state index in [9.17, 15) is 9.59 Å². The monoisotopic (exact) mass is 345 g/mol. The summed E-state index contributed by atoms with van der Waals surface area (Å²) in [4.78, 5) is 31.0. The van der Waals surface area contributed by atoms with Gasteiger partial charge in [0.2, 0.25) is 5.91 Å². The molecule has 1 N–H and O–H groups in total. The molecule has 136 valence electrons. The minimum absolute atomic E-state index is 0.100.